The molecule has 0 aromatic rings. The van der Waals surface area contributed by atoms with Crippen molar-refractivity contribution in [3.05, 3.63) is 0 Å². The fourth-order valence-electron chi connectivity index (χ4n) is 9.29. The van der Waals surface area contributed by atoms with E-state index in [1.807, 2.05) is 6.92 Å². The van der Waals surface area contributed by atoms with Gasteiger partial charge >= 0.3 is 35.8 Å². The van der Waals surface area contributed by atoms with Crippen molar-refractivity contribution in [1.82, 2.24) is 0 Å². The molecular weight excluding hydrogens is 800 g/mol. The van der Waals surface area contributed by atoms with Crippen LogP contribution in [-0.2, 0) is 71.5 Å². The number of ether oxygens (including phenoxy) is 7. The van der Waals surface area contributed by atoms with E-state index < -0.39 is 94.4 Å². The summed E-state index contributed by atoms with van der Waals surface area (Å²) in [7, 11) is 0. The third-order valence-corrected chi connectivity index (χ3v) is 13.6. The van der Waals surface area contributed by atoms with Crippen molar-refractivity contribution in [1.29, 1.82) is 0 Å². The molecule has 4 fully saturated rings. The molecule has 0 amide bonds. The van der Waals surface area contributed by atoms with E-state index in [4.69, 9.17) is 33.2 Å². The number of aliphatic carboxylic acids is 2. The van der Waals surface area contributed by atoms with E-state index in [1.54, 1.807) is 6.92 Å². The molecule has 2 unspecified atom stereocenters. The molecular formula is C44H66O17. The van der Waals surface area contributed by atoms with Crippen molar-refractivity contribution >= 4 is 48.8 Å². The van der Waals surface area contributed by atoms with Crippen LogP contribution in [0.4, 0.5) is 0 Å². The van der Waals surface area contributed by atoms with Crippen LogP contribution in [0, 0.1) is 46.3 Å². The smallest absolute Gasteiger partial charge is 0.312 e. The summed E-state index contributed by atoms with van der Waals surface area (Å²) in [6.45, 7) is 2.78. The fourth-order valence-corrected chi connectivity index (χ4v) is 9.29. The van der Waals surface area contributed by atoms with Gasteiger partial charge in [0, 0.05) is 0 Å². The molecule has 17 heteroatoms. The maximum Gasteiger partial charge on any atom is 0.312 e. The molecule has 0 heterocycles. The first kappa shape index (κ1) is 49.4. The van der Waals surface area contributed by atoms with E-state index >= 15 is 0 Å². The van der Waals surface area contributed by atoms with Crippen LogP contribution in [0.1, 0.15) is 129 Å². The maximum absolute atomic E-state index is 13.5. The van der Waals surface area contributed by atoms with Crippen molar-refractivity contribution < 1.29 is 81.7 Å². The van der Waals surface area contributed by atoms with Crippen molar-refractivity contribution in [2.24, 2.45) is 46.3 Å². The molecule has 4 aliphatic carbocycles. The van der Waals surface area contributed by atoms with Crippen molar-refractivity contribution in [2.45, 2.75) is 142 Å². The molecule has 2 N–H and O–H groups in total. The molecule has 0 bridgehead atoms. The van der Waals surface area contributed by atoms with Crippen molar-refractivity contribution in [3.8, 4) is 0 Å². The lowest BCUT2D eigenvalue weighted by molar-refractivity contribution is -0.175. The number of rotatable bonds is 24. The van der Waals surface area contributed by atoms with Gasteiger partial charge in [-0.3, -0.25) is 38.4 Å². The minimum atomic E-state index is -1.18. The van der Waals surface area contributed by atoms with Gasteiger partial charge in [0.2, 0.25) is 0 Å². The number of carboxylic acid groups (broad SMARTS) is 2. The number of hydrogen-bond acceptors (Lipinski definition) is 15. The molecule has 0 aromatic heterocycles. The molecule has 4 aliphatic rings. The minimum absolute atomic E-state index is 0.154. The lowest BCUT2D eigenvalue weighted by atomic mass is 9.79. The van der Waals surface area contributed by atoms with Crippen LogP contribution in [0.5, 0.6) is 0 Å². The van der Waals surface area contributed by atoms with Gasteiger partial charge in [-0.2, -0.15) is 0 Å². The normalized spacial score (nSPS) is 28.6. The Kier molecular flexibility index (Phi) is 19.7. The molecule has 17 nitrogen and oxygen atoms in total. The molecule has 0 saturated heterocycles. The topological polar surface area (TPSA) is 242 Å². The van der Waals surface area contributed by atoms with E-state index in [9.17, 15) is 48.6 Å². The van der Waals surface area contributed by atoms with Crippen LogP contribution in [0.2, 0.25) is 0 Å². The van der Waals surface area contributed by atoms with E-state index in [2.05, 4.69) is 0 Å². The van der Waals surface area contributed by atoms with Gasteiger partial charge in [0.1, 0.15) is 38.6 Å². The zero-order valence-corrected chi connectivity index (χ0v) is 35.8. The number of carbonyl (C=O) groups excluding carboxylic acids is 6. The van der Waals surface area contributed by atoms with E-state index in [0.29, 0.717) is 90.0 Å². The average Bonchev–Trinajstić information content (AvgIpc) is 3.28. The van der Waals surface area contributed by atoms with Crippen molar-refractivity contribution in [2.75, 3.05) is 39.6 Å². The third-order valence-electron chi connectivity index (χ3n) is 13.6. The molecule has 61 heavy (non-hydrogen) atoms. The Labute approximate surface area is 357 Å². The summed E-state index contributed by atoms with van der Waals surface area (Å²) in [4.78, 5) is 101. The van der Waals surface area contributed by atoms with Crippen LogP contribution < -0.4 is 0 Å². The van der Waals surface area contributed by atoms with Crippen molar-refractivity contribution in [3.63, 3.8) is 0 Å². The standard InChI is InChI=1S/C44H66O17/c1-3-43(23-56-39(51)31-15-7-5-13-29(31)37(47)48,24-57-40(52)32-16-8-6-14-30(32)38(49)50)21-55-22-44(4-2,25-58-41(53)33-17-9-11-19-35(33)60-27-45)26-59-42(54)34-18-10-12-20-36(34)61-28-46/h27-36H,3-26H2,1-2H3,(H,47,48)(H,49,50)/t29-,30+,31+,32-,33-,34+,35+,36-,43?,44?. The first-order valence-corrected chi connectivity index (χ1v) is 22.2. The molecule has 0 aliphatic heterocycles. The Balaban J connectivity index is 1.56. The Bertz CT molecular complexity index is 1400. The van der Waals surface area contributed by atoms with Gasteiger partial charge in [-0.15, -0.1) is 0 Å². The number of carboxylic acids is 2. The summed E-state index contributed by atoms with van der Waals surface area (Å²) >= 11 is 0. The highest BCUT2D eigenvalue weighted by molar-refractivity contribution is 5.82. The Morgan fingerprint density at radius 3 is 1.02 bits per heavy atom. The van der Waals surface area contributed by atoms with Crippen LogP contribution in [-0.4, -0.2) is 111 Å². The Morgan fingerprint density at radius 1 is 0.443 bits per heavy atom. The number of hydrogen-bond donors (Lipinski definition) is 2. The van der Waals surface area contributed by atoms with Gasteiger partial charge in [-0.1, -0.05) is 52.4 Å². The Hall–Kier alpha value is -4.28. The largest absolute Gasteiger partial charge is 0.481 e. The molecule has 10 atom stereocenters. The van der Waals surface area contributed by atoms with Gasteiger partial charge in [-0.05, 0) is 77.0 Å². The molecule has 0 radical (unpaired) electrons. The quantitative estimate of drug-likeness (QED) is 0.0718. The van der Waals surface area contributed by atoms with E-state index in [0.717, 1.165) is 25.7 Å². The highest BCUT2D eigenvalue weighted by Gasteiger charge is 2.44. The minimum Gasteiger partial charge on any atom is -0.481 e. The average molecular weight is 867 g/mol. The molecule has 4 rings (SSSR count). The SMILES string of the molecule is CCC(COCC(CC)(COC(=O)[C@H]1CCCC[C@H]1C(=O)O)COC(=O)[C@@H]1CCCC[C@@H]1C(=O)O)(COC(=O)[C@H]1CCCC[C@H]1OC=O)COC(=O)[C@@H]1CCCC[C@@H]1OC=O. The summed E-state index contributed by atoms with van der Waals surface area (Å²) in [6, 6.07) is 0. The number of carbonyl (C=O) groups is 8. The van der Waals surface area contributed by atoms with E-state index in [-0.39, 0.29) is 52.5 Å². The zero-order valence-electron chi connectivity index (χ0n) is 35.8. The number of esters is 4. The van der Waals surface area contributed by atoms with Gasteiger partial charge in [0.15, 0.2) is 0 Å². The highest BCUT2D eigenvalue weighted by Crippen LogP contribution is 2.36. The first-order valence-electron chi connectivity index (χ1n) is 22.2. The van der Waals surface area contributed by atoms with Gasteiger partial charge in [-0.25, -0.2) is 0 Å². The predicted octanol–water partition coefficient (Wildman–Crippen LogP) is 5.21. The second-order valence-electron chi connectivity index (χ2n) is 17.6. The highest BCUT2D eigenvalue weighted by atomic mass is 16.6. The first-order chi connectivity index (χ1) is 29.3. The van der Waals surface area contributed by atoms with E-state index in [1.165, 1.54) is 0 Å². The third kappa shape index (κ3) is 13.9. The van der Waals surface area contributed by atoms with Gasteiger partial charge in [0.05, 0.1) is 59.6 Å². The molecule has 344 valence electrons. The fraction of sp³-hybridized carbons (Fsp3) is 0.818. The predicted molar refractivity (Wildman–Crippen MR) is 212 cm³/mol. The van der Waals surface area contributed by atoms with Gasteiger partial charge < -0.3 is 43.4 Å². The zero-order chi connectivity index (χ0) is 44.4. The molecule has 0 aromatic carbocycles. The monoisotopic (exact) mass is 866 g/mol. The molecule has 4 saturated carbocycles. The van der Waals surface area contributed by atoms with Crippen LogP contribution in [0.25, 0.3) is 0 Å². The summed E-state index contributed by atoms with van der Waals surface area (Å²) in [5.74, 6) is -9.57. The summed E-state index contributed by atoms with van der Waals surface area (Å²) in [6.07, 6.45) is 8.29. The van der Waals surface area contributed by atoms with Crippen LogP contribution in [0.3, 0.4) is 0 Å². The van der Waals surface area contributed by atoms with Crippen LogP contribution in [0.15, 0.2) is 0 Å². The second-order valence-corrected chi connectivity index (χ2v) is 17.6. The molecule has 0 spiro atoms. The summed E-state index contributed by atoms with van der Waals surface area (Å²) in [5.41, 5.74) is -2.31. The van der Waals surface area contributed by atoms with Crippen LogP contribution >= 0.6 is 0 Å². The van der Waals surface area contributed by atoms with Gasteiger partial charge in [0.25, 0.3) is 12.9 Å². The maximum atomic E-state index is 13.5. The summed E-state index contributed by atoms with van der Waals surface area (Å²) in [5, 5.41) is 19.7. The lowest BCUT2D eigenvalue weighted by Gasteiger charge is -2.37. The Morgan fingerprint density at radius 2 is 0.721 bits per heavy atom. The lowest BCUT2D eigenvalue weighted by Crippen LogP contribution is -2.45. The second kappa shape index (κ2) is 24.4. The summed E-state index contributed by atoms with van der Waals surface area (Å²) < 4.78 is 40.3.